The number of aliphatic hydroxyl groups is 1. The smallest absolute Gasteiger partial charge is 0.316 e. The number of carboxylic acid groups (broad SMARTS) is 1. The molecule has 3 heteroatoms. The molecule has 1 unspecified atom stereocenters. The van der Waals surface area contributed by atoms with Gasteiger partial charge in [0, 0.05) is 0 Å². The minimum Gasteiger partial charge on any atom is -0.481 e. The largest absolute Gasteiger partial charge is 0.481 e. The van der Waals surface area contributed by atoms with Gasteiger partial charge in [0.05, 0.1) is 6.61 Å². The molecular weight excluding hydrogens is 240 g/mol. The van der Waals surface area contributed by atoms with Crippen molar-refractivity contribution < 1.29 is 15.0 Å². The van der Waals surface area contributed by atoms with Crippen LogP contribution >= 0.6 is 0 Å². The number of hydrogen-bond donors (Lipinski definition) is 2. The molecule has 2 rings (SSSR count). The van der Waals surface area contributed by atoms with E-state index in [-0.39, 0.29) is 6.42 Å². The van der Waals surface area contributed by atoms with Crippen molar-refractivity contribution in [2.45, 2.75) is 11.8 Å². The Labute approximate surface area is 112 Å². The van der Waals surface area contributed by atoms with Gasteiger partial charge in [0.15, 0.2) is 0 Å². The summed E-state index contributed by atoms with van der Waals surface area (Å²) in [6.07, 6.45) is 0.268. The fourth-order valence-electron chi connectivity index (χ4n) is 2.22. The Morgan fingerprint density at radius 2 is 1.47 bits per heavy atom. The van der Waals surface area contributed by atoms with Gasteiger partial charge >= 0.3 is 5.97 Å². The number of carboxylic acids is 1. The molecule has 0 spiro atoms. The molecular formula is C16H16O3. The summed E-state index contributed by atoms with van der Waals surface area (Å²) in [7, 11) is 0. The molecule has 0 heterocycles. The van der Waals surface area contributed by atoms with Crippen molar-refractivity contribution in [2.75, 3.05) is 6.61 Å². The summed E-state index contributed by atoms with van der Waals surface area (Å²) in [5.74, 6) is -1.01. The lowest BCUT2D eigenvalue weighted by atomic mass is 9.76. The van der Waals surface area contributed by atoms with Crippen molar-refractivity contribution >= 4 is 5.97 Å². The lowest BCUT2D eigenvalue weighted by Crippen LogP contribution is -2.41. The summed E-state index contributed by atoms with van der Waals surface area (Å²) in [5, 5.41) is 19.3. The third-order valence-corrected chi connectivity index (χ3v) is 3.35. The molecule has 0 aliphatic heterocycles. The first-order valence-electron chi connectivity index (χ1n) is 6.13. The second kappa shape index (κ2) is 5.67. The van der Waals surface area contributed by atoms with Crippen LogP contribution in [0.1, 0.15) is 11.1 Å². The average molecular weight is 256 g/mol. The van der Waals surface area contributed by atoms with Crippen molar-refractivity contribution in [1.29, 1.82) is 0 Å². The molecule has 0 bridgehead atoms. The van der Waals surface area contributed by atoms with E-state index in [1.54, 1.807) is 24.3 Å². The van der Waals surface area contributed by atoms with Crippen molar-refractivity contribution in [3.63, 3.8) is 0 Å². The second-order valence-corrected chi connectivity index (χ2v) is 4.57. The molecule has 0 radical (unpaired) electrons. The Morgan fingerprint density at radius 3 is 1.95 bits per heavy atom. The monoisotopic (exact) mass is 256 g/mol. The second-order valence-electron chi connectivity index (χ2n) is 4.57. The minimum absolute atomic E-state index is 0.268. The summed E-state index contributed by atoms with van der Waals surface area (Å²) in [6.45, 7) is -0.429. The standard InChI is InChI=1S/C16H16O3/c17-12-16(15(18)19,14-9-5-2-6-10-14)11-13-7-3-1-4-8-13/h1-10,17H,11-12H2,(H,18,19). The van der Waals surface area contributed by atoms with E-state index < -0.39 is 18.0 Å². The van der Waals surface area contributed by atoms with Gasteiger partial charge in [0.2, 0.25) is 0 Å². The van der Waals surface area contributed by atoms with Crippen LogP contribution in [0, 0.1) is 0 Å². The summed E-state index contributed by atoms with van der Waals surface area (Å²) < 4.78 is 0. The molecule has 19 heavy (non-hydrogen) atoms. The minimum atomic E-state index is -1.29. The topological polar surface area (TPSA) is 57.5 Å². The number of hydrogen-bond acceptors (Lipinski definition) is 2. The van der Waals surface area contributed by atoms with Gasteiger partial charge in [0.25, 0.3) is 0 Å². The maximum Gasteiger partial charge on any atom is 0.316 e. The lowest BCUT2D eigenvalue weighted by molar-refractivity contribution is -0.145. The highest BCUT2D eigenvalue weighted by molar-refractivity contribution is 5.82. The molecule has 2 aromatic rings. The van der Waals surface area contributed by atoms with Gasteiger partial charge in [0.1, 0.15) is 5.41 Å². The quantitative estimate of drug-likeness (QED) is 0.862. The first-order chi connectivity index (χ1) is 9.19. The third kappa shape index (κ3) is 2.66. The van der Waals surface area contributed by atoms with Crippen LogP contribution in [0.25, 0.3) is 0 Å². The molecule has 0 saturated carbocycles. The molecule has 0 fully saturated rings. The number of benzene rings is 2. The predicted molar refractivity (Wildman–Crippen MR) is 73.0 cm³/mol. The van der Waals surface area contributed by atoms with Crippen LogP contribution < -0.4 is 0 Å². The average Bonchev–Trinajstić information content (AvgIpc) is 2.46. The molecule has 0 saturated heterocycles. The van der Waals surface area contributed by atoms with Gasteiger partial charge in [-0.25, -0.2) is 0 Å². The maximum atomic E-state index is 11.7. The SMILES string of the molecule is O=C(O)C(CO)(Cc1ccccc1)c1ccccc1. The van der Waals surface area contributed by atoms with E-state index in [1.807, 2.05) is 36.4 Å². The van der Waals surface area contributed by atoms with Gasteiger partial charge in [-0.15, -0.1) is 0 Å². The fraction of sp³-hybridized carbons (Fsp3) is 0.188. The molecule has 0 aromatic heterocycles. The normalized spacial score (nSPS) is 13.7. The summed E-state index contributed by atoms with van der Waals surface area (Å²) in [6, 6.07) is 18.2. The van der Waals surface area contributed by atoms with E-state index in [4.69, 9.17) is 0 Å². The number of aliphatic hydroxyl groups excluding tert-OH is 1. The van der Waals surface area contributed by atoms with Crippen LogP contribution in [0.5, 0.6) is 0 Å². The van der Waals surface area contributed by atoms with Gasteiger partial charge in [-0.3, -0.25) is 4.79 Å². The van der Waals surface area contributed by atoms with Gasteiger partial charge in [-0.2, -0.15) is 0 Å². The highest BCUT2D eigenvalue weighted by Gasteiger charge is 2.39. The molecule has 2 N–H and O–H groups in total. The van der Waals surface area contributed by atoms with Crippen LogP contribution in [0.2, 0.25) is 0 Å². The Hall–Kier alpha value is -2.13. The van der Waals surface area contributed by atoms with E-state index in [1.165, 1.54) is 0 Å². The maximum absolute atomic E-state index is 11.7. The summed E-state index contributed by atoms with van der Waals surface area (Å²) in [4.78, 5) is 11.7. The molecule has 0 aliphatic carbocycles. The molecule has 1 atom stereocenters. The summed E-state index contributed by atoms with van der Waals surface area (Å²) in [5.41, 5.74) is 0.222. The van der Waals surface area contributed by atoms with Crippen molar-refractivity contribution in [3.05, 3.63) is 71.8 Å². The molecule has 2 aromatic carbocycles. The Morgan fingerprint density at radius 1 is 0.947 bits per heavy atom. The molecule has 3 nitrogen and oxygen atoms in total. The first kappa shape index (κ1) is 13.3. The molecule has 98 valence electrons. The van der Waals surface area contributed by atoms with E-state index in [9.17, 15) is 15.0 Å². The van der Waals surface area contributed by atoms with Gasteiger partial charge in [-0.1, -0.05) is 60.7 Å². The van der Waals surface area contributed by atoms with Crippen molar-refractivity contribution in [2.24, 2.45) is 0 Å². The van der Waals surface area contributed by atoms with Crippen LogP contribution in [0.4, 0.5) is 0 Å². The molecule has 0 aliphatic rings. The number of rotatable bonds is 5. The Bertz CT molecular complexity index is 536. The van der Waals surface area contributed by atoms with E-state index in [2.05, 4.69) is 0 Å². The van der Waals surface area contributed by atoms with E-state index in [0.717, 1.165) is 5.56 Å². The number of carbonyl (C=O) groups is 1. The Kier molecular flexibility index (Phi) is 3.97. The molecule has 0 amide bonds. The fourth-order valence-corrected chi connectivity index (χ4v) is 2.22. The van der Waals surface area contributed by atoms with Crippen LogP contribution in [0.3, 0.4) is 0 Å². The zero-order valence-electron chi connectivity index (χ0n) is 10.5. The zero-order chi connectivity index (χ0) is 13.7. The predicted octanol–water partition coefficient (Wildman–Crippen LogP) is 2.24. The van der Waals surface area contributed by atoms with Crippen LogP contribution in [-0.4, -0.2) is 22.8 Å². The lowest BCUT2D eigenvalue weighted by Gasteiger charge is -2.28. The first-order valence-corrected chi connectivity index (χ1v) is 6.13. The van der Waals surface area contributed by atoms with E-state index in [0.29, 0.717) is 5.56 Å². The van der Waals surface area contributed by atoms with Crippen LogP contribution in [0.15, 0.2) is 60.7 Å². The third-order valence-electron chi connectivity index (χ3n) is 3.35. The summed E-state index contributed by atoms with van der Waals surface area (Å²) >= 11 is 0. The van der Waals surface area contributed by atoms with Gasteiger partial charge < -0.3 is 10.2 Å². The van der Waals surface area contributed by atoms with E-state index >= 15 is 0 Å². The van der Waals surface area contributed by atoms with Gasteiger partial charge in [-0.05, 0) is 17.5 Å². The van der Waals surface area contributed by atoms with Crippen LogP contribution in [-0.2, 0) is 16.6 Å². The van der Waals surface area contributed by atoms with Crippen molar-refractivity contribution in [1.82, 2.24) is 0 Å². The highest BCUT2D eigenvalue weighted by atomic mass is 16.4. The highest BCUT2D eigenvalue weighted by Crippen LogP contribution is 2.28. The number of aliphatic carboxylic acids is 1. The van der Waals surface area contributed by atoms with Crippen molar-refractivity contribution in [3.8, 4) is 0 Å². The Balaban J connectivity index is 2.44. The zero-order valence-corrected chi connectivity index (χ0v) is 10.5.